The first-order valence-corrected chi connectivity index (χ1v) is 8.37. The average molecular weight is 350 g/mol. The Morgan fingerprint density at radius 1 is 1.36 bits per heavy atom. The van der Waals surface area contributed by atoms with Crippen molar-refractivity contribution in [1.29, 1.82) is 0 Å². The quantitative estimate of drug-likeness (QED) is 0.705. The number of rotatable bonds is 8. The Kier molecular flexibility index (Phi) is 7.08. The highest BCUT2D eigenvalue weighted by atomic mass is 35.5. The molecule has 9 heteroatoms. The summed E-state index contributed by atoms with van der Waals surface area (Å²) in [5.74, 6) is -0.253. The Morgan fingerprint density at radius 3 is 2.64 bits per heavy atom. The molecule has 124 valence electrons. The predicted molar refractivity (Wildman–Crippen MR) is 84.8 cm³/mol. The molecule has 7 nitrogen and oxygen atoms in total. The molecule has 0 aliphatic carbocycles. The lowest BCUT2D eigenvalue weighted by Gasteiger charge is -2.12. The van der Waals surface area contributed by atoms with Crippen LogP contribution in [0.15, 0.2) is 23.1 Å². The first-order chi connectivity index (χ1) is 10.3. The molecule has 0 aliphatic heterocycles. The number of methoxy groups -OCH3 is 1. The number of amides is 1. The summed E-state index contributed by atoms with van der Waals surface area (Å²) in [7, 11) is 1.22. The summed E-state index contributed by atoms with van der Waals surface area (Å²) in [4.78, 5) is 13.4. The van der Waals surface area contributed by atoms with Gasteiger partial charge in [-0.1, -0.05) is 11.6 Å². The van der Waals surface area contributed by atoms with Gasteiger partial charge in [-0.05, 0) is 32.3 Å². The summed E-state index contributed by atoms with van der Waals surface area (Å²) in [6.07, 6.45) is 0. The van der Waals surface area contributed by atoms with Crippen LogP contribution in [-0.4, -0.2) is 60.1 Å². The molecule has 0 atom stereocenters. The first-order valence-electron chi connectivity index (χ1n) is 6.51. The molecule has 1 amide bonds. The molecular formula is C13H20ClN3O4S. The van der Waals surface area contributed by atoms with Gasteiger partial charge in [0, 0.05) is 18.1 Å². The molecule has 1 aromatic rings. The van der Waals surface area contributed by atoms with Gasteiger partial charge in [-0.25, -0.2) is 13.1 Å². The van der Waals surface area contributed by atoms with Crippen molar-refractivity contribution < 1.29 is 17.9 Å². The maximum Gasteiger partial charge on any atom is 0.244 e. The molecular weight excluding hydrogens is 330 g/mol. The number of nitrogens with one attached hydrogen (secondary N) is 2. The summed E-state index contributed by atoms with van der Waals surface area (Å²) in [5.41, 5.74) is 0. The van der Waals surface area contributed by atoms with Crippen molar-refractivity contribution in [2.24, 2.45) is 0 Å². The van der Waals surface area contributed by atoms with Gasteiger partial charge in [0.1, 0.15) is 10.6 Å². The zero-order valence-corrected chi connectivity index (χ0v) is 14.3. The van der Waals surface area contributed by atoms with Gasteiger partial charge >= 0.3 is 0 Å². The van der Waals surface area contributed by atoms with E-state index in [1.165, 1.54) is 25.3 Å². The molecule has 0 aromatic heterocycles. The van der Waals surface area contributed by atoms with Crippen LogP contribution in [0.3, 0.4) is 0 Å². The summed E-state index contributed by atoms with van der Waals surface area (Å²) >= 11 is 5.81. The van der Waals surface area contributed by atoms with Crippen molar-refractivity contribution in [3.05, 3.63) is 23.2 Å². The monoisotopic (exact) mass is 349 g/mol. The minimum absolute atomic E-state index is 0.108. The van der Waals surface area contributed by atoms with Crippen molar-refractivity contribution >= 4 is 27.5 Å². The van der Waals surface area contributed by atoms with Crippen LogP contribution in [-0.2, 0) is 14.8 Å². The van der Waals surface area contributed by atoms with Crippen LogP contribution in [0.5, 0.6) is 5.75 Å². The van der Waals surface area contributed by atoms with Crippen LogP contribution in [0.25, 0.3) is 0 Å². The summed E-state index contributed by atoms with van der Waals surface area (Å²) in [6, 6.07) is 4.24. The Morgan fingerprint density at radius 2 is 2.05 bits per heavy atom. The number of nitrogens with zero attached hydrogens (tertiary/aromatic N) is 1. The molecule has 0 bridgehead atoms. The van der Waals surface area contributed by atoms with E-state index >= 15 is 0 Å². The lowest BCUT2D eigenvalue weighted by atomic mass is 10.3. The number of benzene rings is 1. The Labute approximate surface area is 135 Å². The standard InChI is InChI=1S/C13H20ClN3O4S/c1-17(2)7-6-15-13(18)9-16-22(19,20)12-8-10(14)4-5-11(12)21-3/h4-5,8,16H,6-7,9H2,1-3H3,(H,15,18). The van der Waals surface area contributed by atoms with Crippen molar-refractivity contribution in [2.45, 2.75) is 4.90 Å². The summed E-state index contributed by atoms with van der Waals surface area (Å²) < 4.78 is 31.6. The molecule has 0 aliphatic rings. The van der Waals surface area contributed by atoms with Crippen LogP contribution in [0.4, 0.5) is 0 Å². The Hall–Kier alpha value is -1.35. The maximum atomic E-state index is 12.2. The molecule has 22 heavy (non-hydrogen) atoms. The molecule has 0 saturated carbocycles. The lowest BCUT2D eigenvalue weighted by molar-refractivity contribution is -0.119. The number of carbonyl (C=O) groups is 1. The smallest absolute Gasteiger partial charge is 0.244 e. The molecule has 1 aromatic carbocycles. The minimum Gasteiger partial charge on any atom is -0.495 e. The zero-order valence-electron chi connectivity index (χ0n) is 12.7. The van der Waals surface area contributed by atoms with Crippen molar-refractivity contribution in [3.63, 3.8) is 0 Å². The fraction of sp³-hybridized carbons (Fsp3) is 0.462. The van der Waals surface area contributed by atoms with Gasteiger partial charge in [0.2, 0.25) is 15.9 Å². The van der Waals surface area contributed by atoms with Crippen molar-refractivity contribution in [2.75, 3.05) is 40.8 Å². The van der Waals surface area contributed by atoms with Gasteiger partial charge in [0.05, 0.1) is 13.7 Å². The van der Waals surface area contributed by atoms with Crippen LogP contribution in [0.1, 0.15) is 0 Å². The predicted octanol–water partition coefficient (Wildman–Crippen LogP) is 0.305. The SMILES string of the molecule is COc1ccc(Cl)cc1S(=O)(=O)NCC(=O)NCCN(C)C. The van der Waals surface area contributed by atoms with Crippen LogP contribution in [0, 0.1) is 0 Å². The average Bonchev–Trinajstić information content (AvgIpc) is 2.45. The number of likely N-dealkylation sites (N-methyl/N-ethyl adjacent to an activating group) is 1. The second-order valence-electron chi connectivity index (χ2n) is 4.77. The largest absolute Gasteiger partial charge is 0.495 e. The third-order valence-electron chi connectivity index (χ3n) is 2.72. The van der Waals surface area contributed by atoms with Gasteiger partial charge < -0.3 is 15.0 Å². The fourth-order valence-electron chi connectivity index (χ4n) is 1.58. The van der Waals surface area contributed by atoms with Gasteiger partial charge in [0.15, 0.2) is 0 Å². The van der Waals surface area contributed by atoms with E-state index in [0.29, 0.717) is 13.1 Å². The molecule has 0 fully saturated rings. The van der Waals surface area contributed by atoms with Gasteiger partial charge in [0.25, 0.3) is 0 Å². The molecule has 0 heterocycles. The zero-order chi connectivity index (χ0) is 16.8. The topological polar surface area (TPSA) is 87.7 Å². The van der Waals surface area contributed by atoms with E-state index in [0.717, 1.165) is 0 Å². The second kappa shape index (κ2) is 8.33. The number of carbonyl (C=O) groups excluding carboxylic acids is 1. The molecule has 0 spiro atoms. The first kappa shape index (κ1) is 18.7. The van der Waals surface area contributed by atoms with E-state index in [9.17, 15) is 13.2 Å². The van der Waals surface area contributed by atoms with Crippen LogP contribution >= 0.6 is 11.6 Å². The number of hydrogen-bond donors (Lipinski definition) is 2. The second-order valence-corrected chi connectivity index (χ2v) is 6.94. The normalized spacial score (nSPS) is 11.5. The number of ether oxygens (including phenoxy) is 1. The van der Waals surface area contributed by atoms with Crippen LogP contribution < -0.4 is 14.8 Å². The highest BCUT2D eigenvalue weighted by molar-refractivity contribution is 7.89. The minimum atomic E-state index is -3.89. The van der Waals surface area contributed by atoms with Gasteiger partial charge in [-0.3, -0.25) is 4.79 Å². The van der Waals surface area contributed by atoms with E-state index in [1.54, 1.807) is 0 Å². The Balaban J connectivity index is 2.68. The molecule has 0 unspecified atom stereocenters. The number of halogens is 1. The van der Waals surface area contributed by atoms with E-state index < -0.39 is 15.9 Å². The van der Waals surface area contributed by atoms with Gasteiger partial charge in [-0.15, -0.1) is 0 Å². The van der Waals surface area contributed by atoms with Crippen LogP contribution in [0.2, 0.25) is 5.02 Å². The number of sulfonamides is 1. The summed E-state index contributed by atoms with van der Waals surface area (Å²) in [5, 5.41) is 2.87. The maximum absolute atomic E-state index is 12.2. The highest BCUT2D eigenvalue weighted by Gasteiger charge is 2.20. The third kappa shape index (κ3) is 5.80. The highest BCUT2D eigenvalue weighted by Crippen LogP contribution is 2.26. The third-order valence-corrected chi connectivity index (χ3v) is 4.38. The van der Waals surface area contributed by atoms with Crippen molar-refractivity contribution in [1.82, 2.24) is 14.9 Å². The van der Waals surface area contributed by atoms with Crippen molar-refractivity contribution in [3.8, 4) is 5.75 Å². The van der Waals surface area contributed by atoms with E-state index in [2.05, 4.69) is 10.0 Å². The lowest BCUT2D eigenvalue weighted by Crippen LogP contribution is -2.39. The molecule has 0 radical (unpaired) electrons. The molecule has 2 N–H and O–H groups in total. The molecule has 0 saturated heterocycles. The van der Waals surface area contributed by atoms with Gasteiger partial charge in [-0.2, -0.15) is 0 Å². The van der Waals surface area contributed by atoms with E-state index in [-0.39, 0.29) is 22.2 Å². The summed E-state index contributed by atoms with van der Waals surface area (Å²) in [6.45, 7) is 0.750. The fourth-order valence-corrected chi connectivity index (χ4v) is 2.99. The van der Waals surface area contributed by atoms with E-state index in [1.807, 2.05) is 19.0 Å². The number of hydrogen-bond acceptors (Lipinski definition) is 5. The molecule has 1 rings (SSSR count). The Bertz CT molecular complexity index is 620. The van der Waals surface area contributed by atoms with E-state index in [4.69, 9.17) is 16.3 Å².